The fourth-order valence-electron chi connectivity index (χ4n) is 3.01. The number of benzene rings is 1. The van der Waals surface area contributed by atoms with Crippen LogP contribution in [0.1, 0.15) is 38.7 Å². The van der Waals surface area contributed by atoms with Gasteiger partial charge in [-0.15, -0.1) is 12.4 Å². The van der Waals surface area contributed by atoms with Crippen LogP contribution in [-0.2, 0) is 16.0 Å². The summed E-state index contributed by atoms with van der Waals surface area (Å²) in [6.07, 6.45) is 3.17. The Kier molecular flexibility index (Phi) is 8.74. The number of carbonyl (C=O) groups excluding carboxylic acids is 1. The number of halogens is 1. The maximum absolute atomic E-state index is 12.3. The number of hydrogen-bond acceptors (Lipinski definition) is 3. The summed E-state index contributed by atoms with van der Waals surface area (Å²) in [5.41, 5.74) is 7.42. The van der Waals surface area contributed by atoms with Gasteiger partial charge in [0.1, 0.15) is 0 Å². The first kappa shape index (κ1) is 20.9. The summed E-state index contributed by atoms with van der Waals surface area (Å²) in [6, 6.07) is 10.5. The van der Waals surface area contributed by atoms with Gasteiger partial charge in [0, 0.05) is 32.2 Å². The Bertz CT molecular complexity index is 493. The molecule has 5 heteroatoms. The molecule has 2 N–H and O–H groups in total. The highest BCUT2D eigenvalue weighted by atomic mass is 35.5. The van der Waals surface area contributed by atoms with E-state index in [-0.39, 0.29) is 29.8 Å². The second-order valence-corrected chi connectivity index (χ2v) is 7.15. The summed E-state index contributed by atoms with van der Waals surface area (Å²) >= 11 is 0. The van der Waals surface area contributed by atoms with Crippen LogP contribution in [0.5, 0.6) is 0 Å². The fourth-order valence-corrected chi connectivity index (χ4v) is 3.01. The number of rotatable bonds is 7. The molecule has 1 saturated heterocycles. The lowest BCUT2D eigenvalue weighted by molar-refractivity contribution is -0.135. The number of hydrogen-bond donors (Lipinski definition) is 1. The summed E-state index contributed by atoms with van der Waals surface area (Å²) in [6.45, 7) is 7.20. The van der Waals surface area contributed by atoms with Gasteiger partial charge in [-0.3, -0.25) is 4.79 Å². The molecule has 1 atom stereocenters. The van der Waals surface area contributed by atoms with Crippen LogP contribution in [0.2, 0.25) is 0 Å². The summed E-state index contributed by atoms with van der Waals surface area (Å²) < 4.78 is 5.64. The van der Waals surface area contributed by atoms with Crippen molar-refractivity contribution in [1.29, 1.82) is 0 Å². The molecule has 24 heavy (non-hydrogen) atoms. The van der Waals surface area contributed by atoms with Crippen LogP contribution in [0.3, 0.4) is 0 Å². The third kappa shape index (κ3) is 6.42. The van der Waals surface area contributed by atoms with Crippen LogP contribution in [0.4, 0.5) is 0 Å². The van der Waals surface area contributed by atoms with Crippen molar-refractivity contribution >= 4 is 18.3 Å². The molecule has 1 heterocycles. The Morgan fingerprint density at radius 1 is 1.29 bits per heavy atom. The Morgan fingerprint density at radius 2 is 2.00 bits per heavy atom. The fraction of sp³-hybridized carbons (Fsp3) is 0.632. The molecule has 136 valence electrons. The highest BCUT2D eigenvalue weighted by molar-refractivity contribution is 5.85. The molecule has 0 aromatic heterocycles. The zero-order valence-electron chi connectivity index (χ0n) is 14.9. The third-order valence-corrected chi connectivity index (χ3v) is 4.72. The van der Waals surface area contributed by atoms with E-state index in [0.29, 0.717) is 19.6 Å². The van der Waals surface area contributed by atoms with Gasteiger partial charge in [0.15, 0.2) is 0 Å². The molecule has 4 nitrogen and oxygen atoms in total. The number of carbonyl (C=O) groups is 1. The number of piperidine rings is 1. The van der Waals surface area contributed by atoms with E-state index in [4.69, 9.17) is 10.5 Å². The standard InChI is InChI=1S/C19H30N2O2.ClH/c1-19(2)15-21(12-10-17(19)20)18(22)9-6-13-23-14-11-16-7-4-3-5-8-16;/h3-5,7-8,17H,6,9-15,20H2,1-2H3;1H. The molecule has 1 unspecified atom stereocenters. The van der Waals surface area contributed by atoms with Crippen molar-refractivity contribution in [2.24, 2.45) is 11.1 Å². The molecule has 2 rings (SSSR count). The quantitative estimate of drug-likeness (QED) is 0.766. The largest absolute Gasteiger partial charge is 0.381 e. The SMILES string of the molecule is CC1(C)CN(C(=O)CCCOCCc2ccccc2)CCC1N.Cl. The van der Waals surface area contributed by atoms with Crippen LogP contribution >= 0.6 is 12.4 Å². The molecule has 0 radical (unpaired) electrons. The smallest absolute Gasteiger partial charge is 0.222 e. The topological polar surface area (TPSA) is 55.6 Å². The van der Waals surface area contributed by atoms with Gasteiger partial charge >= 0.3 is 0 Å². The first-order chi connectivity index (χ1) is 11.0. The average Bonchev–Trinajstić information content (AvgIpc) is 2.54. The molecule has 0 saturated carbocycles. The molecule has 0 bridgehead atoms. The summed E-state index contributed by atoms with van der Waals surface area (Å²) in [7, 11) is 0. The summed E-state index contributed by atoms with van der Waals surface area (Å²) in [5, 5.41) is 0. The van der Waals surface area contributed by atoms with Gasteiger partial charge < -0.3 is 15.4 Å². The van der Waals surface area contributed by atoms with Crippen LogP contribution in [0.25, 0.3) is 0 Å². The Morgan fingerprint density at radius 3 is 2.67 bits per heavy atom. The van der Waals surface area contributed by atoms with Crippen molar-refractivity contribution in [1.82, 2.24) is 4.90 Å². The van der Waals surface area contributed by atoms with Crippen molar-refractivity contribution in [3.8, 4) is 0 Å². The van der Waals surface area contributed by atoms with Crippen molar-refractivity contribution < 1.29 is 9.53 Å². The van der Waals surface area contributed by atoms with E-state index in [1.54, 1.807) is 0 Å². The normalized spacial score (nSPS) is 19.6. The molecule has 1 aromatic carbocycles. The van der Waals surface area contributed by atoms with E-state index in [9.17, 15) is 4.79 Å². The lowest BCUT2D eigenvalue weighted by atomic mass is 9.79. The van der Waals surface area contributed by atoms with Crippen LogP contribution < -0.4 is 5.73 Å². The van der Waals surface area contributed by atoms with Crippen molar-refractivity contribution in [2.45, 2.75) is 45.6 Å². The van der Waals surface area contributed by atoms with E-state index in [0.717, 1.165) is 32.4 Å². The minimum atomic E-state index is 0. The van der Waals surface area contributed by atoms with Gasteiger partial charge in [-0.05, 0) is 30.2 Å². The first-order valence-electron chi connectivity index (χ1n) is 8.64. The van der Waals surface area contributed by atoms with Gasteiger partial charge in [-0.2, -0.15) is 0 Å². The predicted octanol–water partition coefficient (Wildman–Crippen LogP) is 3.03. The number of ether oxygens (including phenoxy) is 1. The van der Waals surface area contributed by atoms with Crippen molar-refractivity contribution in [2.75, 3.05) is 26.3 Å². The molecule has 1 aliphatic rings. The average molecular weight is 355 g/mol. The maximum Gasteiger partial charge on any atom is 0.222 e. The second-order valence-electron chi connectivity index (χ2n) is 7.15. The number of likely N-dealkylation sites (tertiary alicyclic amines) is 1. The van der Waals surface area contributed by atoms with Gasteiger partial charge in [0.05, 0.1) is 6.61 Å². The zero-order chi connectivity index (χ0) is 16.7. The van der Waals surface area contributed by atoms with Crippen molar-refractivity contribution in [3.63, 3.8) is 0 Å². The van der Waals surface area contributed by atoms with Crippen LogP contribution in [0.15, 0.2) is 30.3 Å². The monoisotopic (exact) mass is 354 g/mol. The molecule has 1 amide bonds. The first-order valence-corrected chi connectivity index (χ1v) is 8.64. The molecule has 0 aliphatic carbocycles. The Balaban J connectivity index is 0.00000288. The van der Waals surface area contributed by atoms with Gasteiger partial charge in [0.25, 0.3) is 0 Å². The van der Waals surface area contributed by atoms with Crippen molar-refractivity contribution in [3.05, 3.63) is 35.9 Å². The molecule has 0 spiro atoms. The van der Waals surface area contributed by atoms with Crippen LogP contribution in [-0.4, -0.2) is 43.2 Å². The Hall–Kier alpha value is -1.10. The minimum Gasteiger partial charge on any atom is -0.381 e. The Labute approximate surface area is 152 Å². The van der Waals surface area contributed by atoms with E-state index in [1.165, 1.54) is 5.56 Å². The van der Waals surface area contributed by atoms with Crippen LogP contribution in [0, 0.1) is 5.41 Å². The predicted molar refractivity (Wildman–Crippen MR) is 100 cm³/mol. The van der Waals surface area contributed by atoms with E-state index in [2.05, 4.69) is 26.0 Å². The molecule has 1 fully saturated rings. The lowest BCUT2D eigenvalue weighted by Crippen LogP contribution is -2.53. The molecule has 1 aromatic rings. The summed E-state index contributed by atoms with van der Waals surface area (Å²) in [4.78, 5) is 14.2. The van der Waals surface area contributed by atoms with E-state index in [1.807, 2.05) is 23.1 Å². The van der Waals surface area contributed by atoms with E-state index < -0.39 is 0 Å². The highest BCUT2D eigenvalue weighted by Gasteiger charge is 2.34. The van der Waals surface area contributed by atoms with E-state index >= 15 is 0 Å². The molecular weight excluding hydrogens is 324 g/mol. The zero-order valence-corrected chi connectivity index (χ0v) is 15.7. The maximum atomic E-state index is 12.3. The van der Waals surface area contributed by atoms with Gasteiger partial charge in [-0.25, -0.2) is 0 Å². The molecule has 1 aliphatic heterocycles. The van der Waals surface area contributed by atoms with Gasteiger partial charge in [-0.1, -0.05) is 44.2 Å². The lowest BCUT2D eigenvalue weighted by Gasteiger charge is -2.42. The third-order valence-electron chi connectivity index (χ3n) is 4.72. The molecular formula is C19H31ClN2O2. The minimum absolute atomic E-state index is 0. The highest BCUT2D eigenvalue weighted by Crippen LogP contribution is 2.28. The summed E-state index contributed by atoms with van der Waals surface area (Å²) in [5.74, 6) is 0.233. The number of nitrogens with two attached hydrogens (primary N) is 1. The van der Waals surface area contributed by atoms with Gasteiger partial charge in [0.2, 0.25) is 5.91 Å². The number of amides is 1. The second kappa shape index (κ2) is 10.0. The number of nitrogens with zero attached hydrogens (tertiary/aromatic N) is 1.